The molecule has 3 aromatic rings. The van der Waals surface area contributed by atoms with E-state index in [0.717, 1.165) is 5.56 Å². The number of nitrogens with one attached hydrogen (secondary N) is 1. The number of fused-ring (bicyclic) bond motifs is 1. The number of thiazole rings is 1. The van der Waals surface area contributed by atoms with Crippen molar-refractivity contribution in [3.63, 3.8) is 0 Å². The molecule has 3 rings (SSSR count). The van der Waals surface area contributed by atoms with Crippen LogP contribution in [-0.2, 0) is 6.42 Å². The molecule has 1 atom stereocenters. The van der Waals surface area contributed by atoms with E-state index in [1.807, 2.05) is 44.2 Å². The average Bonchev–Trinajstić information content (AvgIpc) is 3.04. The lowest BCUT2D eigenvalue weighted by molar-refractivity contribution is 0.0937. The molecule has 1 N–H and O–H groups in total. The highest BCUT2D eigenvalue weighted by Gasteiger charge is 2.21. The van der Waals surface area contributed by atoms with Crippen LogP contribution in [-0.4, -0.2) is 15.3 Å². The summed E-state index contributed by atoms with van der Waals surface area (Å²) in [7, 11) is 0. The van der Waals surface area contributed by atoms with Crippen LogP contribution < -0.4 is 10.9 Å². The number of nitrogens with zero attached hydrogens (tertiary/aromatic N) is 2. The molecule has 0 radical (unpaired) electrons. The van der Waals surface area contributed by atoms with Gasteiger partial charge in [0.2, 0.25) is 0 Å². The van der Waals surface area contributed by atoms with Crippen LogP contribution in [0.1, 0.15) is 41.5 Å². The van der Waals surface area contributed by atoms with Crippen molar-refractivity contribution in [2.24, 2.45) is 0 Å². The molecule has 2 aromatic heterocycles. The van der Waals surface area contributed by atoms with Crippen LogP contribution in [0.4, 0.5) is 0 Å². The van der Waals surface area contributed by atoms with Gasteiger partial charge in [-0.05, 0) is 18.9 Å². The molecular weight excluding hydrogens is 310 g/mol. The summed E-state index contributed by atoms with van der Waals surface area (Å²) in [5, 5.41) is 4.69. The van der Waals surface area contributed by atoms with Crippen LogP contribution in [0.15, 0.2) is 46.7 Å². The Bertz CT molecular complexity index is 899. The Morgan fingerprint density at radius 3 is 2.78 bits per heavy atom. The van der Waals surface area contributed by atoms with Gasteiger partial charge in [0, 0.05) is 11.6 Å². The molecule has 1 aromatic carbocycles. The maximum Gasteiger partial charge on any atom is 0.271 e. The van der Waals surface area contributed by atoms with Crippen molar-refractivity contribution in [2.75, 3.05) is 0 Å². The Hall–Kier alpha value is -2.47. The Morgan fingerprint density at radius 2 is 2.09 bits per heavy atom. The van der Waals surface area contributed by atoms with E-state index in [4.69, 9.17) is 0 Å². The number of aryl methyl sites for hydroxylation is 1. The van der Waals surface area contributed by atoms with E-state index in [0.29, 0.717) is 17.1 Å². The van der Waals surface area contributed by atoms with Gasteiger partial charge < -0.3 is 5.32 Å². The third kappa shape index (κ3) is 2.90. The molecule has 118 valence electrons. The summed E-state index contributed by atoms with van der Waals surface area (Å²) in [4.78, 5) is 30.3. The fraction of sp³-hybridized carbons (Fsp3) is 0.235. The van der Waals surface area contributed by atoms with E-state index in [2.05, 4.69) is 10.3 Å². The molecule has 0 spiro atoms. The van der Waals surface area contributed by atoms with Crippen molar-refractivity contribution in [1.29, 1.82) is 0 Å². The number of hydrogen-bond acceptors (Lipinski definition) is 4. The average molecular weight is 327 g/mol. The van der Waals surface area contributed by atoms with Crippen molar-refractivity contribution in [3.8, 4) is 0 Å². The largest absolute Gasteiger partial charge is 0.345 e. The minimum Gasteiger partial charge on any atom is -0.345 e. The van der Waals surface area contributed by atoms with Crippen molar-refractivity contribution in [2.45, 2.75) is 26.3 Å². The van der Waals surface area contributed by atoms with E-state index in [-0.39, 0.29) is 23.1 Å². The molecule has 6 heteroatoms. The lowest BCUT2D eigenvalue weighted by Gasteiger charge is -2.15. The summed E-state index contributed by atoms with van der Waals surface area (Å²) in [5.74, 6) is -0.378. The molecule has 0 aliphatic heterocycles. The van der Waals surface area contributed by atoms with E-state index >= 15 is 0 Å². The molecule has 0 aliphatic rings. The monoisotopic (exact) mass is 327 g/mol. The molecule has 0 fully saturated rings. The van der Waals surface area contributed by atoms with Gasteiger partial charge in [0.25, 0.3) is 11.5 Å². The number of benzene rings is 1. The highest BCUT2D eigenvalue weighted by molar-refractivity contribution is 7.15. The first-order valence-corrected chi connectivity index (χ1v) is 8.34. The topological polar surface area (TPSA) is 63.5 Å². The molecule has 0 aliphatic carbocycles. The zero-order valence-electron chi connectivity index (χ0n) is 12.9. The minimum atomic E-state index is -0.378. The molecule has 2 heterocycles. The third-order valence-electron chi connectivity index (χ3n) is 3.75. The van der Waals surface area contributed by atoms with Gasteiger partial charge in [0.05, 0.1) is 11.7 Å². The number of aromatic nitrogens is 2. The predicted molar refractivity (Wildman–Crippen MR) is 91.0 cm³/mol. The van der Waals surface area contributed by atoms with Crippen LogP contribution in [0.25, 0.3) is 4.96 Å². The molecule has 0 saturated carbocycles. The van der Waals surface area contributed by atoms with Gasteiger partial charge in [-0.1, -0.05) is 37.3 Å². The SMILES string of the molecule is CCc1nc2sccn2c(=O)c1C(=O)NC(C)c1ccccc1. The second-order valence-electron chi connectivity index (χ2n) is 5.25. The Labute approximate surface area is 137 Å². The minimum absolute atomic E-state index is 0.131. The Balaban J connectivity index is 1.97. The maximum absolute atomic E-state index is 12.6. The quantitative estimate of drug-likeness (QED) is 0.801. The highest BCUT2D eigenvalue weighted by atomic mass is 32.1. The van der Waals surface area contributed by atoms with Gasteiger partial charge in [-0.2, -0.15) is 0 Å². The van der Waals surface area contributed by atoms with Crippen LogP contribution in [0, 0.1) is 0 Å². The molecule has 5 nitrogen and oxygen atoms in total. The van der Waals surface area contributed by atoms with E-state index in [1.165, 1.54) is 15.7 Å². The third-order valence-corrected chi connectivity index (χ3v) is 4.51. The summed E-state index contributed by atoms with van der Waals surface area (Å²) in [6.07, 6.45) is 2.18. The lowest BCUT2D eigenvalue weighted by Crippen LogP contribution is -2.34. The lowest BCUT2D eigenvalue weighted by atomic mass is 10.1. The molecule has 1 amide bonds. The predicted octanol–water partition coefficient (Wildman–Crippen LogP) is 2.81. The van der Waals surface area contributed by atoms with Crippen LogP contribution >= 0.6 is 11.3 Å². The van der Waals surface area contributed by atoms with Crippen molar-refractivity contribution >= 4 is 22.2 Å². The Kier molecular flexibility index (Phi) is 4.25. The summed E-state index contributed by atoms with van der Waals surface area (Å²) in [6.45, 7) is 3.79. The standard InChI is InChI=1S/C17H17N3O2S/c1-3-13-14(16(22)20-9-10-23-17(20)19-13)15(21)18-11(2)12-7-5-4-6-8-12/h4-11H,3H2,1-2H3,(H,18,21). The number of hydrogen-bond donors (Lipinski definition) is 1. The fourth-order valence-electron chi connectivity index (χ4n) is 2.50. The summed E-state index contributed by atoms with van der Waals surface area (Å²) in [6, 6.07) is 9.47. The highest BCUT2D eigenvalue weighted by Crippen LogP contribution is 2.14. The molecule has 23 heavy (non-hydrogen) atoms. The maximum atomic E-state index is 12.6. The fourth-order valence-corrected chi connectivity index (χ4v) is 3.23. The van der Waals surface area contributed by atoms with E-state index < -0.39 is 0 Å². The van der Waals surface area contributed by atoms with Crippen LogP contribution in [0.2, 0.25) is 0 Å². The first kappa shape index (κ1) is 15.4. The van der Waals surface area contributed by atoms with Gasteiger partial charge in [0.15, 0.2) is 4.96 Å². The van der Waals surface area contributed by atoms with Crippen molar-refractivity contribution < 1.29 is 4.79 Å². The van der Waals surface area contributed by atoms with Gasteiger partial charge in [0.1, 0.15) is 5.56 Å². The second-order valence-corrected chi connectivity index (χ2v) is 6.13. The first-order chi connectivity index (χ1) is 11.1. The van der Waals surface area contributed by atoms with E-state index in [9.17, 15) is 9.59 Å². The Morgan fingerprint density at radius 1 is 1.35 bits per heavy atom. The normalized spacial score (nSPS) is 12.3. The van der Waals surface area contributed by atoms with E-state index in [1.54, 1.807) is 11.6 Å². The van der Waals surface area contributed by atoms with Gasteiger partial charge in [-0.25, -0.2) is 4.98 Å². The van der Waals surface area contributed by atoms with Gasteiger partial charge in [-0.15, -0.1) is 11.3 Å². The van der Waals surface area contributed by atoms with Gasteiger partial charge >= 0.3 is 0 Å². The van der Waals surface area contributed by atoms with Crippen molar-refractivity contribution in [3.05, 3.63) is 69.1 Å². The first-order valence-electron chi connectivity index (χ1n) is 7.46. The summed E-state index contributed by atoms with van der Waals surface area (Å²) >= 11 is 1.38. The molecule has 0 bridgehead atoms. The second kappa shape index (κ2) is 6.34. The summed E-state index contributed by atoms with van der Waals surface area (Å²) in [5.41, 5.74) is 1.34. The number of carbonyl (C=O) groups excluding carboxylic acids is 1. The molecule has 0 saturated heterocycles. The number of carbonyl (C=O) groups is 1. The number of rotatable bonds is 4. The smallest absolute Gasteiger partial charge is 0.271 e. The number of amides is 1. The van der Waals surface area contributed by atoms with Crippen molar-refractivity contribution in [1.82, 2.24) is 14.7 Å². The van der Waals surface area contributed by atoms with Gasteiger partial charge in [-0.3, -0.25) is 14.0 Å². The zero-order valence-corrected chi connectivity index (χ0v) is 13.8. The molecule has 1 unspecified atom stereocenters. The van der Waals surface area contributed by atoms with Crippen LogP contribution in [0.3, 0.4) is 0 Å². The summed E-state index contributed by atoms with van der Waals surface area (Å²) < 4.78 is 1.42. The molecular formula is C17H17N3O2S. The zero-order chi connectivity index (χ0) is 16.4. The van der Waals surface area contributed by atoms with Crippen LogP contribution in [0.5, 0.6) is 0 Å².